The van der Waals surface area contributed by atoms with Crippen molar-refractivity contribution in [2.45, 2.75) is 70.2 Å². The van der Waals surface area contributed by atoms with E-state index in [2.05, 4.69) is 34.8 Å². The Bertz CT molecular complexity index is 1440. The van der Waals surface area contributed by atoms with Gasteiger partial charge in [0.2, 0.25) is 0 Å². The van der Waals surface area contributed by atoms with Crippen LogP contribution in [-0.2, 0) is 16.2 Å². The van der Waals surface area contributed by atoms with Gasteiger partial charge in [-0.3, -0.25) is 4.90 Å². The molecule has 4 heterocycles. The highest BCUT2D eigenvalue weighted by Gasteiger charge is 2.44. The molecule has 0 bridgehead atoms. The zero-order valence-electron chi connectivity index (χ0n) is 22.1. The van der Waals surface area contributed by atoms with Crippen molar-refractivity contribution >= 4 is 25.6 Å². The highest BCUT2D eigenvalue weighted by Crippen LogP contribution is 2.35. The summed E-state index contributed by atoms with van der Waals surface area (Å²) in [5, 5.41) is 9.04. The van der Waals surface area contributed by atoms with Gasteiger partial charge < -0.3 is 9.47 Å². The molecule has 2 atom stereocenters. The zero-order chi connectivity index (χ0) is 26.3. The molecule has 1 aromatic carbocycles. The van der Waals surface area contributed by atoms with E-state index in [1.807, 2.05) is 36.5 Å². The number of carbonyl (C=O) groups excluding carboxylic acids is 1. The van der Waals surface area contributed by atoms with Crippen molar-refractivity contribution in [1.82, 2.24) is 29.4 Å². The predicted octanol–water partition coefficient (Wildman–Crippen LogP) is 5.23. The average molecular weight is 532 g/mol. The van der Waals surface area contributed by atoms with E-state index in [0.717, 1.165) is 55.0 Å². The van der Waals surface area contributed by atoms with E-state index in [0.29, 0.717) is 24.0 Å². The first-order valence-electron chi connectivity index (χ1n) is 13.3. The van der Waals surface area contributed by atoms with Gasteiger partial charge in [0.25, 0.3) is 0 Å². The molecule has 1 aliphatic carbocycles. The first-order chi connectivity index (χ1) is 18.4. The highest BCUT2D eigenvalue weighted by atomic mass is 28.3. The van der Waals surface area contributed by atoms with Crippen molar-refractivity contribution in [3.05, 3.63) is 49.1 Å². The number of anilines is 1. The van der Waals surface area contributed by atoms with Crippen molar-refractivity contribution in [3.63, 3.8) is 0 Å². The Morgan fingerprint density at radius 1 is 1.08 bits per heavy atom. The van der Waals surface area contributed by atoms with E-state index in [4.69, 9.17) is 14.5 Å². The fourth-order valence-corrected chi connectivity index (χ4v) is 5.87. The number of amides is 1. The minimum Gasteiger partial charge on any atom is -0.444 e. The van der Waals surface area contributed by atoms with Gasteiger partial charge in [0, 0.05) is 32.0 Å². The summed E-state index contributed by atoms with van der Waals surface area (Å²) in [4.78, 5) is 23.7. The number of rotatable bonds is 8. The topological polar surface area (TPSA) is 99.7 Å². The molecule has 11 heteroatoms. The molecule has 0 radical (unpaired) electrons. The van der Waals surface area contributed by atoms with Gasteiger partial charge >= 0.3 is 6.09 Å². The Morgan fingerprint density at radius 2 is 1.87 bits per heavy atom. The minimum atomic E-state index is -1.11. The lowest BCUT2D eigenvalue weighted by Crippen LogP contribution is -2.39. The maximum Gasteiger partial charge on any atom is 0.416 e. The quantitative estimate of drug-likeness (QED) is 0.227. The Morgan fingerprint density at radius 3 is 2.68 bits per heavy atom. The third-order valence-corrected chi connectivity index (χ3v) is 8.96. The second-order valence-corrected chi connectivity index (χ2v) is 16.9. The third kappa shape index (κ3) is 4.95. The summed E-state index contributed by atoms with van der Waals surface area (Å²) in [6.07, 6.45) is 9.05. The number of carbonyl (C=O) groups is 1. The Balaban J connectivity index is 1.19. The van der Waals surface area contributed by atoms with Crippen molar-refractivity contribution in [1.29, 1.82) is 0 Å². The van der Waals surface area contributed by atoms with Crippen molar-refractivity contribution < 1.29 is 14.3 Å². The SMILES string of the molecule is C[Si](C)(C)CCOCn1cnc(-c2ccc(-c3cnn4ccc(N5C(=O)O[C@@H]6CCCC[C@@H]65)nc34)cc2)n1. The van der Waals surface area contributed by atoms with Crippen LogP contribution in [-0.4, -0.2) is 62.3 Å². The molecule has 10 nitrogen and oxygen atoms in total. The second-order valence-electron chi connectivity index (χ2n) is 11.3. The first kappa shape index (κ1) is 24.7. The molecule has 1 aliphatic heterocycles. The third-order valence-electron chi connectivity index (χ3n) is 7.26. The summed E-state index contributed by atoms with van der Waals surface area (Å²) < 4.78 is 14.9. The zero-order valence-corrected chi connectivity index (χ0v) is 23.1. The summed E-state index contributed by atoms with van der Waals surface area (Å²) in [6.45, 7) is 8.16. The lowest BCUT2D eigenvalue weighted by atomic mass is 9.92. The molecule has 0 spiro atoms. The molecule has 0 N–H and O–H groups in total. The van der Waals surface area contributed by atoms with Crippen molar-refractivity contribution in [2.24, 2.45) is 0 Å². The van der Waals surface area contributed by atoms with Gasteiger partial charge in [0.1, 0.15) is 25.0 Å². The summed E-state index contributed by atoms with van der Waals surface area (Å²) >= 11 is 0. The van der Waals surface area contributed by atoms with Gasteiger partial charge in [0.05, 0.1) is 12.2 Å². The molecule has 1 amide bonds. The van der Waals surface area contributed by atoms with E-state index >= 15 is 0 Å². The van der Waals surface area contributed by atoms with E-state index in [1.54, 1.807) is 26.6 Å². The summed E-state index contributed by atoms with van der Waals surface area (Å²) in [5.41, 5.74) is 3.48. The predicted molar refractivity (Wildman–Crippen MR) is 147 cm³/mol. The van der Waals surface area contributed by atoms with Gasteiger partial charge in [-0.05, 0) is 36.9 Å². The second kappa shape index (κ2) is 9.95. The molecule has 1 saturated carbocycles. The Hall–Kier alpha value is -3.57. The summed E-state index contributed by atoms with van der Waals surface area (Å²) in [7, 11) is -1.11. The molecule has 4 aromatic rings. The lowest BCUT2D eigenvalue weighted by molar-refractivity contribution is 0.0785. The average Bonchev–Trinajstić information content (AvgIpc) is 3.62. The highest BCUT2D eigenvalue weighted by molar-refractivity contribution is 6.76. The van der Waals surface area contributed by atoms with Crippen LogP contribution in [0.25, 0.3) is 28.2 Å². The van der Waals surface area contributed by atoms with Crippen LogP contribution in [0.2, 0.25) is 25.7 Å². The monoisotopic (exact) mass is 531 g/mol. The normalized spacial score (nSPS) is 19.7. The fourth-order valence-electron chi connectivity index (χ4n) is 5.12. The smallest absolute Gasteiger partial charge is 0.416 e. The van der Waals surface area contributed by atoms with Gasteiger partial charge in [-0.15, -0.1) is 5.10 Å². The Kier molecular flexibility index (Phi) is 6.48. The molecule has 1 saturated heterocycles. The first-order valence-corrected chi connectivity index (χ1v) is 17.0. The van der Waals surface area contributed by atoms with Crippen LogP contribution in [0.3, 0.4) is 0 Å². The van der Waals surface area contributed by atoms with Gasteiger partial charge in [-0.1, -0.05) is 50.3 Å². The fraction of sp³-hybridized carbons (Fsp3) is 0.444. The number of nitrogens with zero attached hydrogens (tertiary/aromatic N) is 7. The molecule has 3 aromatic heterocycles. The number of fused-ring (bicyclic) bond motifs is 2. The molecule has 198 valence electrons. The molecular formula is C27H33N7O3Si. The van der Waals surface area contributed by atoms with Crippen molar-refractivity contribution in [3.8, 4) is 22.5 Å². The van der Waals surface area contributed by atoms with E-state index in [1.165, 1.54) is 0 Å². The molecular weight excluding hydrogens is 498 g/mol. The van der Waals surface area contributed by atoms with Crippen LogP contribution >= 0.6 is 0 Å². The maximum atomic E-state index is 12.7. The molecule has 2 aliphatic rings. The van der Waals surface area contributed by atoms with Crippen molar-refractivity contribution in [2.75, 3.05) is 11.5 Å². The van der Waals surface area contributed by atoms with Gasteiger partial charge in [-0.25, -0.2) is 24.0 Å². The molecule has 2 fully saturated rings. The Labute approximate surface area is 222 Å². The number of ether oxygens (including phenoxy) is 2. The van der Waals surface area contributed by atoms with Crippen LogP contribution in [0, 0.1) is 0 Å². The number of aromatic nitrogens is 6. The number of hydrogen-bond acceptors (Lipinski definition) is 7. The van der Waals surface area contributed by atoms with E-state index in [9.17, 15) is 4.79 Å². The van der Waals surface area contributed by atoms with Gasteiger partial charge in [0.15, 0.2) is 11.5 Å². The lowest BCUT2D eigenvalue weighted by Gasteiger charge is -2.27. The number of hydrogen-bond donors (Lipinski definition) is 0. The minimum absolute atomic E-state index is 0.0417. The van der Waals surface area contributed by atoms with E-state index in [-0.39, 0.29) is 18.2 Å². The molecule has 6 rings (SSSR count). The standard InChI is InChI=1S/C27H33N7O3Si/c1-38(2,3)15-14-36-18-32-17-28-25(31-32)20-10-8-19(9-11-20)21-16-29-33-13-12-24(30-26(21)33)34-22-6-4-5-7-23(22)37-27(34)35/h8-13,16-17,22-23H,4-7,14-15,18H2,1-3H3/t22-,23+/m0/s1. The largest absolute Gasteiger partial charge is 0.444 e. The van der Waals surface area contributed by atoms with Crippen LogP contribution in [0.15, 0.2) is 49.1 Å². The van der Waals surface area contributed by atoms with E-state index < -0.39 is 8.07 Å². The molecule has 0 unspecified atom stereocenters. The molecule has 38 heavy (non-hydrogen) atoms. The van der Waals surface area contributed by atoms with Gasteiger partial charge in [-0.2, -0.15) is 5.10 Å². The van der Waals surface area contributed by atoms with Crippen LogP contribution in [0.1, 0.15) is 25.7 Å². The van der Waals surface area contributed by atoms with Crippen LogP contribution in [0.5, 0.6) is 0 Å². The summed E-state index contributed by atoms with van der Waals surface area (Å²) in [5.74, 6) is 1.26. The van der Waals surface area contributed by atoms with Crippen LogP contribution < -0.4 is 4.90 Å². The summed E-state index contributed by atoms with van der Waals surface area (Å²) in [6, 6.07) is 11.0. The number of benzene rings is 1. The van der Waals surface area contributed by atoms with Crippen LogP contribution in [0.4, 0.5) is 10.6 Å². The maximum absolute atomic E-state index is 12.7.